The summed E-state index contributed by atoms with van der Waals surface area (Å²) in [7, 11) is 0. The summed E-state index contributed by atoms with van der Waals surface area (Å²) in [6.07, 6.45) is 59.2. The first kappa shape index (κ1) is 59.6. The van der Waals surface area contributed by atoms with Crippen molar-refractivity contribution in [3.05, 3.63) is 12.2 Å². The Hall–Kier alpha value is -1.40. The van der Waals surface area contributed by atoms with Crippen molar-refractivity contribution in [3.8, 4) is 0 Å². The molecule has 0 aromatic heterocycles. The quantitative estimate of drug-likeness (QED) is 0.0322. The van der Waals surface area contributed by atoms with Crippen molar-refractivity contribution in [2.24, 2.45) is 0 Å². The molecule has 0 aliphatic heterocycles. The number of hydrogen-bond acceptors (Lipinski definition) is 5. The summed E-state index contributed by atoms with van der Waals surface area (Å²) in [5.74, 6) is -0.0310. The van der Waals surface area contributed by atoms with Crippen molar-refractivity contribution in [2.75, 3.05) is 13.2 Å². The molecule has 1 amide bonds. The van der Waals surface area contributed by atoms with Crippen LogP contribution in [0, 0.1) is 0 Å². The number of carbonyl (C=O) groups is 2. The molecule has 0 heterocycles. The Bertz CT molecular complexity index is 909. The van der Waals surface area contributed by atoms with Gasteiger partial charge in [-0.3, -0.25) is 9.59 Å². The van der Waals surface area contributed by atoms with Crippen molar-refractivity contribution in [2.45, 2.75) is 315 Å². The number of ether oxygens (including phenoxy) is 1. The van der Waals surface area contributed by atoms with Gasteiger partial charge in [0.1, 0.15) is 0 Å². The number of esters is 1. The Morgan fingerprint density at radius 1 is 0.443 bits per heavy atom. The molecule has 0 aliphatic carbocycles. The molecule has 0 saturated carbocycles. The van der Waals surface area contributed by atoms with Crippen LogP contribution in [0.5, 0.6) is 0 Å². The van der Waals surface area contributed by atoms with Gasteiger partial charge in [-0.2, -0.15) is 0 Å². The first-order valence-corrected chi connectivity index (χ1v) is 27.4. The smallest absolute Gasteiger partial charge is 0.305 e. The zero-order chi connectivity index (χ0) is 44.4. The number of aliphatic hydroxyl groups excluding tert-OH is 2. The number of carbonyl (C=O) groups excluding carboxylic acids is 2. The van der Waals surface area contributed by atoms with Crippen LogP contribution in [0.15, 0.2) is 12.2 Å². The Morgan fingerprint density at radius 3 is 1.16 bits per heavy atom. The van der Waals surface area contributed by atoms with E-state index in [0.29, 0.717) is 25.9 Å². The van der Waals surface area contributed by atoms with E-state index in [2.05, 4.69) is 31.3 Å². The van der Waals surface area contributed by atoms with Gasteiger partial charge in [-0.25, -0.2) is 0 Å². The second-order valence-electron chi connectivity index (χ2n) is 18.9. The third-order valence-electron chi connectivity index (χ3n) is 12.8. The van der Waals surface area contributed by atoms with Crippen molar-refractivity contribution in [1.29, 1.82) is 0 Å². The van der Waals surface area contributed by atoms with E-state index in [1.54, 1.807) is 0 Å². The molecule has 6 heteroatoms. The highest BCUT2D eigenvalue weighted by atomic mass is 16.5. The van der Waals surface area contributed by atoms with Gasteiger partial charge in [0.05, 0.1) is 25.4 Å². The highest BCUT2D eigenvalue weighted by molar-refractivity contribution is 5.76. The van der Waals surface area contributed by atoms with Crippen molar-refractivity contribution < 1.29 is 24.5 Å². The summed E-state index contributed by atoms with van der Waals surface area (Å²) in [4.78, 5) is 24.4. The van der Waals surface area contributed by atoms with E-state index in [-0.39, 0.29) is 18.5 Å². The molecule has 6 nitrogen and oxygen atoms in total. The number of nitrogens with one attached hydrogen (secondary N) is 1. The van der Waals surface area contributed by atoms with E-state index in [4.69, 9.17) is 4.74 Å². The van der Waals surface area contributed by atoms with E-state index >= 15 is 0 Å². The maximum atomic E-state index is 12.4. The fraction of sp³-hybridized carbons (Fsp3) is 0.927. The van der Waals surface area contributed by atoms with Crippen LogP contribution in [0.1, 0.15) is 303 Å². The molecule has 362 valence electrons. The molecule has 0 rings (SSSR count). The minimum absolute atomic E-state index is 0.0112. The third kappa shape index (κ3) is 47.9. The molecule has 0 aromatic carbocycles. The van der Waals surface area contributed by atoms with Gasteiger partial charge in [-0.15, -0.1) is 0 Å². The van der Waals surface area contributed by atoms with Gasteiger partial charge in [0.25, 0.3) is 0 Å². The van der Waals surface area contributed by atoms with Crippen LogP contribution in [0.4, 0.5) is 0 Å². The lowest BCUT2D eigenvalue weighted by Gasteiger charge is -2.22. The summed E-state index contributed by atoms with van der Waals surface area (Å²) < 4.78 is 5.46. The molecule has 2 unspecified atom stereocenters. The molecule has 0 aliphatic rings. The Kier molecular flexibility index (Phi) is 50.1. The van der Waals surface area contributed by atoms with Crippen LogP contribution < -0.4 is 5.32 Å². The predicted octanol–water partition coefficient (Wildman–Crippen LogP) is 16.5. The highest BCUT2D eigenvalue weighted by Crippen LogP contribution is 2.17. The fourth-order valence-corrected chi connectivity index (χ4v) is 8.58. The third-order valence-corrected chi connectivity index (χ3v) is 12.8. The van der Waals surface area contributed by atoms with Crippen LogP contribution in [0.2, 0.25) is 0 Å². The van der Waals surface area contributed by atoms with Gasteiger partial charge in [0, 0.05) is 12.8 Å². The largest absolute Gasteiger partial charge is 0.466 e. The topological polar surface area (TPSA) is 95.9 Å². The first-order chi connectivity index (χ1) is 30.0. The molecule has 3 N–H and O–H groups in total. The van der Waals surface area contributed by atoms with Crippen LogP contribution >= 0.6 is 0 Å². The second kappa shape index (κ2) is 51.2. The molecule has 61 heavy (non-hydrogen) atoms. The molecule has 0 radical (unpaired) electrons. The van der Waals surface area contributed by atoms with Crippen LogP contribution in [-0.2, 0) is 14.3 Å². The number of amides is 1. The summed E-state index contributed by atoms with van der Waals surface area (Å²) in [5, 5.41) is 23.1. The molecule has 0 bridgehead atoms. The maximum Gasteiger partial charge on any atom is 0.305 e. The first-order valence-electron chi connectivity index (χ1n) is 27.4. The zero-order valence-electron chi connectivity index (χ0n) is 41.2. The molecule has 0 saturated heterocycles. The lowest BCUT2D eigenvalue weighted by atomic mass is 10.0. The minimum Gasteiger partial charge on any atom is -0.466 e. The lowest BCUT2D eigenvalue weighted by molar-refractivity contribution is -0.143. The number of aliphatic hydroxyl groups is 2. The van der Waals surface area contributed by atoms with E-state index in [1.165, 1.54) is 231 Å². The fourth-order valence-electron chi connectivity index (χ4n) is 8.58. The highest BCUT2D eigenvalue weighted by Gasteiger charge is 2.20. The van der Waals surface area contributed by atoms with Crippen LogP contribution in [0.25, 0.3) is 0 Å². The Morgan fingerprint density at radius 2 is 0.770 bits per heavy atom. The van der Waals surface area contributed by atoms with Crippen molar-refractivity contribution in [1.82, 2.24) is 5.32 Å². The van der Waals surface area contributed by atoms with Crippen LogP contribution in [-0.4, -0.2) is 47.4 Å². The van der Waals surface area contributed by atoms with Gasteiger partial charge >= 0.3 is 5.97 Å². The van der Waals surface area contributed by atoms with Gasteiger partial charge in [0.2, 0.25) is 5.91 Å². The molecular formula is C55H107NO5. The zero-order valence-corrected chi connectivity index (χ0v) is 41.2. The normalized spacial score (nSPS) is 12.7. The maximum absolute atomic E-state index is 12.4. The Balaban J connectivity index is 3.39. The molecule has 0 spiro atoms. The number of rotatable bonds is 51. The molecule has 0 fully saturated rings. The molecular weight excluding hydrogens is 755 g/mol. The van der Waals surface area contributed by atoms with E-state index < -0.39 is 12.1 Å². The summed E-state index contributed by atoms with van der Waals surface area (Å²) in [6.45, 7) is 4.94. The predicted molar refractivity (Wildman–Crippen MR) is 264 cm³/mol. The lowest BCUT2D eigenvalue weighted by Crippen LogP contribution is -2.45. The van der Waals surface area contributed by atoms with Gasteiger partial charge in [-0.1, -0.05) is 251 Å². The number of allylic oxidation sites excluding steroid dienone is 2. The monoisotopic (exact) mass is 862 g/mol. The van der Waals surface area contributed by atoms with E-state index in [0.717, 1.165) is 38.5 Å². The van der Waals surface area contributed by atoms with Crippen molar-refractivity contribution >= 4 is 11.9 Å². The van der Waals surface area contributed by atoms with Crippen molar-refractivity contribution in [3.63, 3.8) is 0 Å². The summed E-state index contributed by atoms with van der Waals surface area (Å²) >= 11 is 0. The SMILES string of the molecule is CCCCCCCCCCCCCC(=O)OCCCCCCCCCCCCCC/C=C\CCCCCCCCCC(=O)NC(CO)C(O)CCCCCCCCCCCC. The standard InChI is InChI=1S/C55H107NO5/c1-3-5-7-9-11-13-28-33-37-41-45-49-55(60)61-50-46-42-38-34-30-27-25-23-21-19-17-15-16-18-20-22-24-26-29-32-36-40-44-48-54(59)56-52(51-57)53(58)47-43-39-35-31-14-12-10-8-6-4-2/h18,20,52-53,57-58H,3-17,19,21-51H2,1-2H3,(H,56,59)/b20-18-. The number of hydrogen-bond donors (Lipinski definition) is 3. The average molecular weight is 862 g/mol. The van der Waals surface area contributed by atoms with Crippen LogP contribution in [0.3, 0.4) is 0 Å². The van der Waals surface area contributed by atoms with Gasteiger partial charge in [-0.05, 0) is 51.4 Å². The molecule has 2 atom stereocenters. The second-order valence-corrected chi connectivity index (χ2v) is 18.9. The minimum atomic E-state index is -0.665. The van der Waals surface area contributed by atoms with E-state index in [9.17, 15) is 19.8 Å². The number of unbranched alkanes of at least 4 members (excludes halogenated alkanes) is 38. The average Bonchev–Trinajstić information content (AvgIpc) is 3.26. The summed E-state index contributed by atoms with van der Waals surface area (Å²) in [6, 6.07) is -0.543. The van der Waals surface area contributed by atoms with Gasteiger partial charge in [0.15, 0.2) is 0 Å². The molecule has 0 aromatic rings. The van der Waals surface area contributed by atoms with Gasteiger partial charge < -0.3 is 20.3 Å². The Labute approximate surface area is 380 Å². The summed E-state index contributed by atoms with van der Waals surface area (Å²) in [5.41, 5.74) is 0. The van der Waals surface area contributed by atoms with E-state index in [1.807, 2.05) is 0 Å².